The van der Waals surface area contributed by atoms with Gasteiger partial charge in [-0.15, -0.1) is 0 Å². The summed E-state index contributed by atoms with van der Waals surface area (Å²) in [6.45, 7) is 5.01. The molecule has 0 aromatic carbocycles. The molecule has 0 aliphatic carbocycles. The highest BCUT2D eigenvalue weighted by Crippen LogP contribution is 2.11. The molecule has 0 radical (unpaired) electrons. The minimum Gasteiger partial charge on any atom is -0.480 e. The molecule has 0 spiro atoms. The molecule has 1 rings (SSSR count). The van der Waals surface area contributed by atoms with Crippen LogP contribution in [-0.2, 0) is 14.6 Å². The van der Waals surface area contributed by atoms with Gasteiger partial charge in [0, 0.05) is 19.1 Å². The van der Waals surface area contributed by atoms with E-state index < -0.39 is 21.8 Å². The predicted octanol–water partition coefficient (Wildman–Crippen LogP) is -0.832. The van der Waals surface area contributed by atoms with Crippen LogP contribution in [0, 0.1) is 0 Å². The van der Waals surface area contributed by atoms with Gasteiger partial charge in [0.1, 0.15) is 6.04 Å². The number of hydrogen-bond acceptors (Lipinski definition) is 5. The SMILES string of the molecule is CCNC(CN1CCS(=O)(=O)CC1C)C(=O)O. The third kappa shape index (κ3) is 4.25. The fourth-order valence-corrected chi connectivity index (χ4v) is 3.64. The Morgan fingerprint density at radius 2 is 2.24 bits per heavy atom. The standard InChI is InChI=1S/C10H20N2O4S/c1-3-11-9(10(13)14)6-12-4-5-17(15,16)7-8(12)2/h8-9,11H,3-7H2,1-2H3,(H,13,14). The normalized spacial score (nSPS) is 26.6. The third-order valence-electron chi connectivity index (χ3n) is 2.97. The number of nitrogens with one attached hydrogen (secondary N) is 1. The second kappa shape index (κ2) is 5.79. The largest absolute Gasteiger partial charge is 0.480 e. The molecule has 0 bridgehead atoms. The van der Waals surface area contributed by atoms with E-state index >= 15 is 0 Å². The number of carbonyl (C=O) groups is 1. The van der Waals surface area contributed by atoms with Gasteiger partial charge in [-0.25, -0.2) is 8.42 Å². The Balaban J connectivity index is 2.59. The maximum atomic E-state index is 11.4. The van der Waals surface area contributed by atoms with Gasteiger partial charge in [0.25, 0.3) is 0 Å². The lowest BCUT2D eigenvalue weighted by Gasteiger charge is -2.34. The monoisotopic (exact) mass is 264 g/mol. The lowest BCUT2D eigenvalue weighted by Crippen LogP contribution is -2.53. The highest BCUT2D eigenvalue weighted by molar-refractivity contribution is 7.91. The summed E-state index contributed by atoms with van der Waals surface area (Å²) in [5.74, 6) is -0.658. The lowest BCUT2D eigenvalue weighted by molar-refractivity contribution is -0.140. The summed E-state index contributed by atoms with van der Waals surface area (Å²) >= 11 is 0. The van der Waals surface area contributed by atoms with E-state index in [1.54, 1.807) is 0 Å². The summed E-state index contributed by atoms with van der Waals surface area (Å²) in [6, 6.07) is -0.752. The number of aliphatic carboxylic acids is 1. The van der Waals surface area contributed by atoms with Gasteiger partial charge in [-0.3, -0.25) is 9.69 Å². The topological polar surface area (TPSA) is 86.7 Å². The van der Waals surface area contributed by atoms with Gasteiger partial charge in [-0.2, -0.15) is 0 Å². The second-order valence-corrected chi connectivity index (χ2v) is 6.64. The average Bonchev–Trinajstić information content (AvgIpc) is 2.19. The lowest BCUT2D eigenvalue weighted by atomic mass is 10.2. The predicted molar refractivity (Wildman–Crippen MR) is 64.8 cm³/mol. The van der Waals surface area contributed by atoms with Crippen molar-refractivity contribution in [1.82, 2.24) is 10.2 Å². The van der Waals surface area contributed by atoms with Gasteiger partial charge < -0.3 is 10.4 Å². The molecule has 17 heavy (non-hydrogen) atoms. The maximum Gasteiger partial charge on any atom is 0.322 e. The summed E-state index contributed by atoms with van der Waals surface area (Å²) in [5.41, 5.74) is 0. The quantitative estimate of drug-likeness (QED) is 0.674. The number of nitrogens with zero attached hydrogens (tertiary/aromatic N) is 1. The van der Waals surface area contributed by atoms with Gasteiger partial charge in [-0.1, -0.05) is 6.92 Å². The van der Waals surface area contributed by atoms with Crippen LogP contribution in [0.1, 0.15) is 13.8 Å². The van der Waals surface area contributed by atoms with E-state index in [1.165, 1.54) is 0 Å². The zero-order valence-electron chi connectivity index (χ0n) is 10.2. The first-order chi connectivity index (χ1) is 7.85. The van der Waals surface area contributed by atoms with Crippen molar-refractivity contribution in [3.63, 3.8) is 0 Å². The summed E-state index contributed by atoms with van der Waals surface area (Å²) in [6.07, 6.45) is 0. The summed E-state index contributed by atoms with van der Waals surface area (Å²) in [4.78, 5) is 12.9. The highest BCUT2D eigenvalue weighted by Gasteiger charge is 2.30. The zero-order valence-corrected chi connectivity index (χ0v) is 11.0. The van der Waals surface area contributed by atoms with Crippen LogP contribution in [-0.4, -0.2) is 67.6 Å². The van der Waals surface area contributed by atoms with Crippen molar-refractivity contribution in [3.8, 4) is 0 Å². The number of likely N-dealkylation sites (N-methyl/N-ethyl adjacent to an activating group) is 1. The molecule has 0 aromatic rings. The second-order valence-electron chi connectivity index (χ2n) is 4.41. The van der Waals surface area contributed by atoms with Gasteiger partial charge in [0.2, 0.25) is 0 Å². The van der Waals surface area contributed by atoms with Crippen molar-refractivity contribution in [3.05, 3.63) is 0 Å². The van der Waals surface area contributed by atoms with Gasteiger partial charge in [0.15, 0.2) is 9.84 Å². The fraction of sp³-hybridized carbons (Fsp3) is 0.900. The Hall–Kier alpha value is -0.660. The van der Waals surface area contributed by atoms with Crippen LogP contribution in [0.3, 0.4) is 0 Å². The van der Waals surface area contributed by atoms with Crippen LogP contribution in [0.4, 0.5) is 0 Å². The molecule has 2 atom stereocenters. The van der Waals surface area contributed by atoms with Crippen LogP contribution in [0.15, 0.2) is 0 Å². The van der Waals surface area contributed by atoms with E-state index in [1.807, 2.05) is 18.7 Å². The first-order valence-corrected chi connectivity index (χ1v) is 7.58. The molecule has 2 N–H and O–H groups in total. The summed E-state index contributed by atoms with van der Waals surface area (Å²) in [5, 5.41) is 11.9. The molecule has 2 unspecified atom stereocenters. The van der Waals surface area contributed by atoms with E-state index in [-0.39, 0.29) is 17.5 Å². The smallest absolute Gasteiger partial charge is 0.322 e. The van der Waals surface area contributed by atoms with E-state index in [0.717, 1.165) is 0 Å². The minimum absolute atomic E-state index is 0.116. The van der Waals surface area contributed by atoms with Crippen molar-refractivity contribution in [2.45, 2.75) is 25.9 Å². The van der Waals surface area contributed by atoms with E-state index in [9.17, 15) is 13.2 Å². The first kappa shape index (κ1) is 14.4. The molecule has 0 saturated carbocycles. The molecular weight excluding hydrogens is 244 g/mol. The van der Waals surface area contributed by atoms with Crippen LogP contribution in [0.2, 0.25) is 0 Å². The molecule has 1 saturated heterocycles. The molecule has 1 fully saturated rings. The van der Waals surface area contributed by atoms with Crippen molar-refractivity contribution >= 4 is 15.8 Å². The number of hydrogen-bond donors (Lipinski definition) is 2. The van der Waals surface area contributed by atoms with Crippen molar-refractivity contribution in [2.75, 3.05) is 31.1 Å². The van der Waals surface area contributed by atoms with Crippen molar-refractivity contribution < 1.29 is 18.3 Å². The summed E-state index contributed by atoms with van der Waals surface area (Å²) in [7, 11) is -2.94. The van der Waals surface area contributed by atoms with Crippen LogP contribution in [0.25, 0.3) is 0 Å². The number of rotatable bonds is 5. The Bertz CT molecular complexity index is 369. The van der Waals surface area contributed by atoms with Gasteiger partial charge in [0.05, 0.1) is 11.5 Å². The Kier molecular flexibility index (Phi) is 4.91. The molecular formula is C10H20N2O4S. The zero-order chi connectivity index (χ0) is 13.1. The van der Waals surface area contributed by atoms with E-state index in [0.29, 0.717) is 19.6 Å². The van der Waals surface area contributed by atoms with Crippen molar-refractivity contribution in [1.29, 1.82) is 0 Å². The number of carboxylic acids is 1. The van der Waals surface area contributed by atoms with Gasteiger partial charge >= 0.3 is 5.97 Å². The highest BCUT2D eigenvalue weighted by atomic mass is 32.2. The Morgan fingerprint density at radius 1 is 1.59 bits per heavy atom. The Morgan fingerprint density at radius 3 is 2.71 bits per heavy atom. The molecule has 1 heterocycles. The van der Waals surface area contributed by atoms with Crippen LogP contribution >= 0.6 is 0 Å². The molecule has 1 aliphatic heterocycles. The average molecular weight is 264 g/mol. The fourth-order valence-electron chi connectivity index (χ4n) is 2.02. The Labute approximate surface area is 102 Å². The minimum atomic E-state index is -2.94. The van der Waals surface area contributed by atoms with Gasteiger partial charge in [-0.05, 0) is 13.5 Å². The first-order valence-electron chi connectivity index (χ1n) is 5.76. The van der Waals surface area contributed by atoms with Crippen LogP contribution in [0.5, 0.6) is 0 Å². The molecule has 0 amide bonds. The molecule has 6 nitrogen and oxygen atoms in total. The third-order valence-corrected chi connectivity index (χ3v) is 4.77. The van der Waals surface area contributed by atoms with Crippen molar-refractivity contribution in [2.24, 2.45) is 0 Å². The van der Waals surface area contributed by atoms with E-state index in [2.05, 4.69) is 5.32 Å². The molecule has 0 aromatic heterocycles. The molecule has 7 heteroatoms. The molecule has 100 valence electrons. The maximum absolute atomic E-state index is 11.4. The number of sulfone groups is 1. The van der Waals surface area contributed by atoms with Crippen LogP contribution < -0.4 is 5.32 Å². The van der Waals surface area contributed by atoms with E-state index in [4.69, 9.17) is 5.11 Å². The molecule has 1 aliphatic rings. The number of carboxylic acid groups (broad SMARTS) is 1. The summed E-state index contributed by atoms with van der Waals surface area (Å²) < 4.78 is 22.8.